The van der Waals surface area contributed by atoms with Gasteiger partial charge in [-0.1, -0.05) is 76.8 Å². The number of benzene rings is 3. The smallest absolute Gasteiger partial charge is 0.194 e. The Balaban J connectivity index is 2.16. The van der Waals surface area contributed by atoms with Crippen LogP contribution in [0.15, 0.2) is 60.7 Å². The summed E-state index contributed by atoms with van der Waals surface area (Å²) in [6, 6.07) is 22.7. The molecule has 0 amide bonds. The molecule has 0 aliphatic carbocycles. The summed E-state index contributed by atoms with van der Waals surface area (Å²) >= 11 is 0. The van der Waals surface area contributed by atoms with Crippen LogP contribution < -0.4 is 9.75 Å². The Morgan fingerprint density at radius 2 is 1.33 bits per heavy atom. The summed E-state index contributed by atoms with van der Waals surface area (Å²) in [5, 5.41) is 5.68. The number of hydrogen-bond acceptors (Lipinski definition) is 0. The van der Waals surface area contributed by atoms with Crippen molar-refractivity contribution < 1.29 is 4.57 Å². The zero-order valence-corrected chi connectivity index (χ0v) is 20.7. The lowest BCUT2D eigenvalue weighted by atomic mass is 9.80. The summed E-state index contributed by atoms with van der Waals surface area (Å²) < 4.78 is 2.39. The highest BCUT2D eigenvalue weighted by Crippen LogP contribution is 2.37. The fraction of sp³-hybridized carbons (Fsp3) is 0.321. The van der Waals surface area contributed by atoms with Gasteiger partial charge in [-0.25, -0.2) is 0 Å². The Kier molecular flexibility index (Phi) is 4.89. The number of pyridine rings is 1. The molecule has 2 heteroatoms. The molecule has 30 heavy (non-hydrogen) atoms. The number of rotatable bonds is 2. The van der Waals surface area contributed by atoms with Crippen molar-refractivity contribution in [1.82, 2.24) is 0 Å². The lowest BCUT2D eigenvalue weighted by Gasteiger charge is -2.24. The Morgan fingerprint density at radius 3 is 1.93 bits per heavy atom. The monoisotopic (exact) mass is 412 g/mol. The molecule has 0 bridgehead atoms. The Morgan fingerprint density at radius 1 is 0.767 bits per heavy atom. The van der Waals surface area contributed by atoms with Gasteiger partial charge in [-0.05, 0) is 51.6 Å². The van der Waals surface area contributed by atoms with E-state index in [4.69, 9.17) is 0 Å². The van der Waals surface area contributed by atoms with Gasteiger partial charge in [0, 0.05) is 23.1 Å². The van der Waals surface area contributed by atoms with Gasteiger partial charge in [0.25, 0.3) is 0 Å². The predicted octanol–water partition coefficient (Wildman–Crippen LogP) is 6.64. The van der Waals surface area contributed by atoms with Crippen molar-refractivity contribution in [3.05, 3.63) is 71.8 Å². The van der Waals surface area contributed by atoms with Gasteiger partial charge in [-0.15, -0.1) is 0 Å². The molecule has 0 saturated carbocycles. The maximum absolute atomic E-state index is 2.48. The molecule has 0 unspecified atom stereocenters. The van der Waals surface area contributed by atoms with E-state index >= 15 is 0 Å². The first-order chi connectivity index (χ1) is 14.0. The van der Waals surface area contributed by atoms with E-state index in [0.717, 1.165) is 0 Å². The number of nitrogens with zero attached hydrogens (tertiary/aromatic N) is 1. The van der Waals surface area contributed by atoms with Crippen LogP contribution in [0.5, 0.6) is 0 Å². The molecule has 0 atom stereocenters. The van der Waals surface area contributed by atoms with Crippen LogP contribution in [-0.2, 0) is 12.5 Å². The van der Waals surface area contributed by atoms with Gasteiger partial charge in [-0.3, -0.25) is 0 Å². The highest BCUT2D eigenvalue weighted by molar-refractivity contribution is 6.90. The third-order valence-electron chi connectivity index (χ3n) is 6.40. The average molecular weight is 413 g/mol. The van der Waals surface area contributed by atoms with Gasteiger partial charge in [0.05, 0.1) is 8.07 Å². The van der Waals surface area contributed by atoms with E-state index < -0.39 is 8.07 Å². The molecule has 0 fully saturated rings. The highest BCUT2D eigenvalue weighted by atomic mass is 28.3. The summed E-state index contributed by atoms with van der Waals surface area (Å²) in [5.41, 5.74) is 6.86. The molecule has 4 rings (SSSR count). The third kappa shape index (κ3) is 3.37. The molecule has 154 valence electrons. The van der Waals surface area contributed by atoms with Crippen molar-refractivity contribution in [2.24, 2.45) is 7.05 Å². The second-order valence-electron chi connectivity index (χ2n) is 10.7. The fourth-order valence-electron chi connectivity index (χ4n) is 4.72. The molecule has 1 aromatic heterocycles. The predicted molar refractivity (Wildman–Crippen MR) is 134 cm³/mol. The lowest BCUT2D eigenvalue weighted by Crippen LogP contribution is -2.43. The van der Waals surface area contributed by atoms with Crippen LogP contribution in [-0.4, -0.2) is 8.07 Å². The van der Waals surface area contributed by atoms with Gasteiger partial charge in [0.15, 0.2) is 0 Å². The Bertz CT molecular complexity index is 1170. The Labute approximate surface area is 182 Å². The fourth-order valence-corrected chi connectivity index (χ4v) is 6.31. The van der Waals surface area contributed by atoms with Crippen LogP contribution in [0.3, 0.4) is 0 Å². The highest BCUT2D eigenvalue weighted by Gasteiger charge is 2.28. The molecule has 1 heterocycles. The average Bonchev–Trinajstić information content (AvgIpc) is 2.67. The van der Waals surface area contributed by atoms with Crippen molar-refractivity contribution in [2.75, 3.05) is 0 Å². The molecule has 0 aliphatic rings. The second kappa shape index (κ2) is 7.06. The van der Waals surface area contributed by atoms with Crippen LogP contribution >= 0.6 is 0 Å². The minimum atomic E-state index is -1.52. The van der Waals surface area contributed by atoms with Crippen molar-refractivity contribution in [3.63, 3.8) is 0 Å². The van der Waals surface area contributed by atoms with E-state index in [1.54, 1.807) is 0 Å². The van der Waals surface area contributed by atoms with Crippen LogP contribution in [0.2, 0.25) is 19.6 Å². The van der Waals surface area contributed by atoms with E-state index in [2.05, 4.69) is 120 Å². The standard InChI is InChI=1S/C28H34NSi/c1-19-20-13-9-10-14-21(20)24(28(2,3)4)17-23(19)26-18-27(30(6,7)8)22-15-11-12-16-25(22)29(26)5/h9-18H,1-8H3/q+1. The number of hydrogen-bond donors (Lipinski definition) is 0. The maximum atomic E-state index is 2.48. The molecule has 0 aliphatic heterocycles. The van der Waals surface area contributed by atoms with Gasteiger partial charge in [0.2, 0.25) is 11.2 Å². The summed E-state index contributed by atoms with van der Waals surface area (Å²) in [4.78, 5) is 0. The summed E-state index contributed by atoms with van der Waals surface area (Å²) in [5.74, 6) is 0. The van der Waals surface area contributed by atoms with Crippen molar-refractivity contribution >= 4 is 34.9 Å². The van der Waals surface area contributed by atoms with Crippen molar-refractivity contribution in [2.45, 2.75) is 52.8 Å². The first-order valence-electron chi connectivity index (χ1n) is 11.0. The van der Waals surface area contributed by atoms with E-state index in [9.17, 15) is 0 Å². The van der Waals surface area contributed by atoms with E-state index in [-0.39, 0.29) is 5.41 Å². The second-order valence-corrected chi connectivity index (χ2v) is 15.7. The molecular formula is C28H34NSi+. The molecule has 3 aromatic carbocycles. The lowest BCUT2D eigenvalue weighted by molar-refractivity contribution is -0.633. The quantitative estimate of drug-likeness (QED) is 0.257. The SMILES string of the molecule is Cc1c(-c2cc([Si](C)(C)C)c3ccccc3[n+]2C)cc(C(C)(C)C)c2ccccc12. The van der Waals surface area contributed by atoms with Gasteiger partial charge in [0.1, 0.15) is 7.05 Å². The minimum absolute atomic E-state index is 0.0824. The third-order valence-corrected chi connectivity index (χ3v) is 8.43. The molecule has 0 N–H and O–H groups in total. The zero-order chi connectivity index (χ0) is 21.8. The number of aryl methyl sites for hydroxylation is 2. The molecule has 0 spiro atoms. The minimum Gasteiger partial charge on any atom is -0.194 e. The summed E-state index contributed by atoms with van der Waals surface area (Å²) in [7, 11) is 0.700. The summed E-state index contributed by atoms with van der Waals surface area (Å²) in [6.45, 7) is 16.6. The van der Waals surface area contributed by atoms with E-state index in [1.807, 2.05) is 0 Å². The molecule has 0 saturated heterocycles. The zero-order valence-electron chi connectivity index (χ0n) is 19.7. The number of para-hydroxylation sites is 1. The number of fused-ring (bicyclic) bond motifs is 2. The van der Waals surface area contributed by atoms with Crippen molar-refractivity contribution in [1.29, 1.82) is 0 Å². The van der Waals surface area contributed by atoms with Crippen LogP contribution in [0.4, 0.5) is 0 Å². The van der Waals surface area contributed by atoms with Crippen LogP contribution in [0.1, 0.15) is 31.9 Å². The largest absolute Gasteiger partial charge is 0.212 e. The topological polar surface area (TPSA) is 3.88 Å². The van der Waals surface area contributed by atoms with Crippen molar-refractivity contribution in [3.8, 4) is 11.3 Å². The Hall–Kier alpha value is -2.45. The molecule has 0 radical (unpaired) electrons. The first-order valence-corrected chi connectivity index (χ1v) is 14.5. The van der Waals surface area contributed by atoms with Crippen LogP contribution in [0, 0.1) is 6.92 Å². The molecule has 1 nitrogen and oxygen atoms in total. The van der Waals surface area contributed by atoms with Gasteiger partial charge >= 0.3 is 0 Å². The molecular weight excluding hydrogens is 378 g/mol. The van der Waals surface area contributed by atoms with E-state index in [1.165, 1.54) is 49.2 Å². The molecule has 4 aromatic rings. The summed E-state index contributed by atoms with van der Waals surface area (Å²) in [6.07, 6.45) is 0. The van der Waals surface area contributed by atoms with E-state index in [0.29, 0.717) is 0 Å². The maximum Gasteiger partial charge on any atom is 0.212 e. The van der Waals surface area contributed by atoms with Gasteiger partial charge < -0.3 is 0 Å². The van der Waals surface area contributed by atoms with Crippen LogP contribution in [0.25, 0.3) is 32.9 Å². The number of aromatic nitrogens is 1. The van der Waals surface area contributed by atoms with Gasteiger partial charge in [-0.2, -0.15) is 4.57 Å². The normalized spacial score (nSPS) is 12.7. The first kappa shape index (κ1) is 20.8.